The highest BCUT2D eigenvalue weighted by atomic mass is 35.5. The van der Waals surface area contributed by atoms with Crippen molar-refractivity contribution < 1.29 is 14.6 Å². The summed E-state index contributed by atoms with van der Waals surface area (Å²) in [5.74, 6) is 0.747. The Hall–Kier alpha value is -2.04. The van der Waals surface area contributed by atoms with Crippen LogP contribution in [0.4, 0.5) is 0 Å². The van der Waals surface area contributed by atoms with Crippen molar-refractivity contribution in [3.8, 4) is 5.75 Å². The standard InChI is InChI=1S/C19H20ClNO3/c1-24-18-8-3-2-7-14(18)17(22)11-21-19(23)16-10-15(16)12-5-4-6-13(20)9-12/h2-9,15-17,22H,10-11H2,1H3,(H,21,23)/t15-,16+,17?/m0/s1. The molecule has 126 valence electrons. The highest BCUT2D eigenvalue weighted by Crippen LogP contribution is 2.48. The molecule has 2 aromatic carbocycles. The second-order valence-corrected chi connectivity index (χ2v) is 6.44. The molecule has 1 unspecified atom stereocenters. The fourth-order valence-corrected chi connectivity index (χ4v) is 3.17. The monoisotopic (exact) mass is 345 g/mol. The molecule has 5 heteroatoms. The predicted octanol–water partition coefficient (Wildman–Crippen LogP) is 3.30. The van der Waals surface area contributed by atoms with E-state index in [0.717, 1.165) is 12.0 Å². The maximum Gasteiger partial charge on any atom is 0.223 e. The molecule has 0 aromatic heterocycles. The Bertz CT molecular complexity index is 734. The number of carbonyl (C=O) groups is 1. The molecule has 0 saturated heterocycles. The first-order valence-electron chi connectivity index (χ1n) is 7.94. The molecular formula is C19H20ClNO3. The smallest absolute Gasteiger partial charge is 0.223 e. The number of hydrogen-bond acceptors (Lipinski definition) is 3. The molecule has 0 aliphatic heterocycles. The van der Waals surface area contributed by atoms with Gasteiger partial charge in [-0.05, 0) is 36.1 Å². The van der Waals surface area contributed by atoms with Gasteiger partial charge in [0, 0.05) is 23.0 Å². The van der Waals surface area contributed by atoms with E-state index in [1.54, 1.807) is 19.2 Å². The summed E-state index contributed by atoms with van der Waals surface area (Å²) in [6.07, 6.45) is 0.0187. The summed E-state index contributed by atoms with van der Waals surface area (Å²) >= 11 is 6.00. The van der Waals surface area contributed by atoms with Gasteiger partial charge >= 0.3 is 0 Å². The van der Waals surface area contributed by atoms with Crippen LogP contribution in [-0.2, 0) is 4.79 Å². The number of hydrogen-bond donors (Lipinski definition) is 2. The molecular weight excluding hydrogens is 326 g/mol. The quantitative estimate of drug-likeness (QED) is 0.844. The lowest BCUT2D eigenvalue weighted by Gasteiger charge is -2.15. The van der Waals surface area contributed by atoms with E-state index in [1.165, 1.54) is 0 Å². The Morgan fingerprint density at radius 3 is 2.88 bits per heavy atom. The van der Waals surface area contributed by atoms with Gasteiger partial charge in [0.05, 0.1) is 13.2 Å². The second-order valence-electron chi connectivity index (χ2n) is 6.01. The van der Waals surface area contributed by atoms with Crippen LogP contribution in [0.25, 0.3) is 0 Å². The zero-order valence-corrected chi connectivity index (χ0v) is 14.2. The molecule has 1 fully saturated rings. The predicted molar refractivity (Wildman–Crippen MR) is 93.3 cm³/mol. The number of ether oxygens (including phenoxy) is 1. The molecule has 1 saturated carbocycles. The van der Waals surface area contributed by atoms with Crippen molar-refractivity contribution in [2.24, 2.45) is 5.92 Å². The van der Waals surface area contributed by atoms with E-state index >= 15 is 0 Å². The third kappa shape index (κ3) is 3.71. The van der Waals surface area contributed by atoms with Crippen LogP contribution in [0.5, 0.6) is 5.75 Å². The Labute approximate surface area is 146 Å². The van der Waals surface area contributed by atoms with Gasteiger partial charge in [0.2, 0.25) is 5.91 Å². The van der Waals surface area contributed by atoms with Gasteiger partial charge in [-0.3, -0.25) is 4.79 Å². The van der Waals surface area contributed by atoms with Gasteiger partial charge < -0.3 is 15.2 Å². The van der Waals surface area contributed by atoms with Gasteiger partial charge in [0.1, 0.15) is 5.75 Å². The molecule has 24 heavy (non-hydrogen) atoms. The van der Waals surface area contributed by atoms with Crippen LogP contribution in [0, 0.1) is 5.92 Å². The van der Waals surface area contributed by atoms with Crippen LogP contribution in [0.15, 0.2) is 48.5 Å². The minimum absolute atomic E-state index is 0.0334. The minimum Gasteiger partial charge on any atom is -0.496 e. The molecule has 1 aliphatic rings. The van der Waals surface area contributed by atoms with E-state index in [2.05, 4.69) is 5.32 Å². The van der Waals surface area contributed by atoms with E-state index in [9.17, 15) is 9.90 Å². The van der Waals surface area contributed by atoms with Gasteiger partial charge in [0.25, 0.3) is 0 Å². The molecule has 4 nitrogen and oxygen atoms in total. The molecule has 1 aliphatic carbocycles. The zero-order valence-electron chi connectivity index (χ0n) is 13.4. The molecule has 2 aromatic rings. The van der Waals surface area contributed by atoms with Crippen LogP contribution < -0.4 is 10.1 Å². The molecule has 3 atom stereocenters. The number of aliphatic hydroxyl groups is 1. The SMILES string of the molecule is COc1ccccc1C(O)CNC(=O)[C@@H]1C[C@H]1c1cccc(Cl)c1. The molecule has 0 heterocycles. The van der Waals surface area contributed by atoms with Crippen molar-refractivity contribution in [2.45, 2.75) is 18.4 Å². The van der Waals surface area contributed by atoms with Crippen molar-refractivity contribution in [3.05, 3.63) is 64.7 Å². The summed E-state index contributed by atoms with van der Waals surface area (Å²) in [5, 5.41) is 13.8. The van der Waals surface area contributed by atoms with E-state index in [-0.39, 0.29) is 24.3 Å². The number of nitrogens with one attached hydrogen (secondary N) is 1. The summed E-state index contributed by atoms with van der Waals surface area (Å²) in [7, 11) is 1.56. The number of para-hydroxylation sites is 1. The van der Waals surface area contributed by atoms with E-state index in [0.29, 0.717) is 16.3 Å². The molecule has 0 radical (unpaired) electrons. The topological polar surface area (TPSA) is 58.6 Å². The van der Waals surface area contributed by atoms with Crippen LogP contribution in [0.2, 0.25) is 5.02 Å². The van der Waals surface area contributed by atoms with E-state index in [4.69, 9.17) is 16.3 Å². The average molecular weight is 346 g/mol. The first-order valence-corrected chi connectivity index (χ1v) is 8.32. The van der Waals surface area contributed by atoms with E-state index in [1.807, 2.05) is 36.4 Å². The van der Waals surface area contributed by atoms with Crippen molar-refractivity contribution in [3.63, 3.8) is 0 Å². The summed E-state index contributed by atoms with van der Waals surface area (Å²) in [4.78, 5) is 12.3. The molecule has 2 N–H and O–H groups in total. The lowest BCUT2D eigenvalue weighted by atomic mass is 10.1. The van der Waals surface area contributed by atoms with Crippen molar-refractivity contribution >= 4 is 17.5 Å². The maximum atomic E-state index is 12.3. The van der Waals surface area contributed by atoms with Crippen molar-refractivity contribution in [1.29, 1.82) is 0 Å². The first kappa shape index (κ1) is 16.8. The van der Waals surface area contributed by atoms with E-state index < -0.39 is 6.10 Å². The fraction of sp³-hybridized carbons (Fsp3) is 0.316. The number of carbonyl (C=O) groups excluding carboxylic acids is 1. The average Bonchev–Trinajstić information content (AvgIpc) is 3.40. The van der Waals surface area contributed by atoms with Crippen LogP contribution in [0.3, 0.4) is 0 Å². The number of benzene rings is 2. The highest BCUT2D eigenvalue weighted by molar-refractivity contribution is 6.30. The Morgan fingerprint density at radius 1 is 1.33 bits per heavy atom. The second kappa shape index (κ2) is 7.24. The summed E-state index contributed by atoms with van der Waals surface area (Å²) in [6, 6.07) is 14.9. The lowest BCUT2D eigenvalue weighted by Crippen LogP contribution is -2.30. The minimum atomic E-state index is -0.798. The largest absolute Gasteiger partial charge is 0.496 e. The van der Waals surface area contributed by atoms with Gasteiger partial charge in [-0.1, -0.05) is 41.9 Å². The van der Waals surface area contributed by atoms with Gasteiger partial charge in [-0.2, -0.15) is 0 Å². The molecule has 1 amide bonds. The third-order valence-electron chi connectivity index (χ3n) is 4.37. The zero-order chi connectivity index (χ0) is 17.1. The van der Waals surface area contributed by atoms with Gasteiger partial charge in [-0.15, -0.1) is 0 Å². The summed E-state index contributed by atoms with van der Waals surface area (Å²) in [5.41, 5.74) is 1.76. The maximum absolute atomic E-state index is 12.3. The van der Waals surface area contributed by atoms with Crippen LogP contribution in [-0.4, -0.2) is 24.7 Å². The highest BCUT2D eigenvalue weighted by Gasteiger charge is 2.43. The number of aliphatic hydroxyl groups excluding tert-OH is 1. The normalized spacial score (nSPS) is 20.3. The van der Waals surface area contributed by atoms with Gasteiger partial charge in [-0.25, -0.2) is 0 Å². The van der Waals surface area contributed by atoms with Crippen LogP contribution >= 0.6 is 11.6 Å². The summed E-state index contributed by atoms with van der Waals surface area (Å²) < 4.78 is 5.23. The summed E-state index contributed by atoms with van der Waals surface area (Å²) in [6.45, 7) is 0.165. The third-order valence-corrected chi connectivity index (χ3v) is 4.61. The molecule has 3 rings (SSSR count). The Balaban J connectivity index is 1.55. The number of halogens is 1. The first-order chi connectivity index (χ1) is 11.6. The number of rotatable bonds is 6. The van der Waals surface area contributed by atoms with Crippen molar-refractivity contribution in [2.75, 3.05) is 13.7 Å². The Morgan fingerprint density at radius 2 is 2.12 bits per heavy atom. The van der Waals surface area contributed by atoms with Crippen molar-refractivity contribution in [1.82, 2.24) is 5.32 Å². The number of methoxy groups -OCH3 is 1. The fourth-order valence-electron chi connectivity index (χ4n) is 2.97. The molecule has 0 bridgehead atoms. The molecule has 0 spiro atoms. The Kier molecular flexibility index (Phi) is 5.07. The number of amides is 1. The lowest BCUT2D eigenvalue weighted by molar-refractivity contribution is -0.122. The van der Waals surface area contributed by atoms with Gasteiger partial charge in [0.15, 0.2) is 0 Å². The van der Waals surface area contributed by atoms with Crippen LogP contribution in [0.1, 0.15) is 29.6 Å².